The molecular weight excluding hydrogens is 402 g/mol. The van der Waals surface area contributed by atoms with Gasteiger partial charge in [-0.25, -0.2) is 4.79 Å². The van der Waals surface area contributed by atoms with E-state index in [1.165, 1.54) is 18.2 Å². The van der Waals surface area contributed by atoms with Gasteiger partial charge in [-0.3, -0.25) is 4.79 Å². The first-order valence-electron chi connectivity index (χ1n) is 9.55. The Morgan fingerprint density at radius 3 is 2.50 bits per heavy atom. The monoisotopic (exact) mass is 421 g/mol. The van der Waals surface area contributed by atoms with E-state index >= 15 is 0 Å². The maximum atomic E-state index is 13.0. The number of halogens is 1. The van der Waals surface area contributed by atoms with E-state index in [-0.39, 0.29) is 10.6 Å². The highest BCUT2D eigenvalue weighted by Gasteiger charge is 2.21. The lowest BCUT2D eigenvalue weighted by Crippen LogP contribution is -2.32. The molecule has 3 aromatic rings. The summed E-state index contributed by atoms with van der Waals surface area (Å²) in [6.07, 6.45) is 4.56. The number of esters is 1. The van der Waals surface area contributed by atoms with Gasteiger partial charge < -0.3 is 9.64 Å². The molecule has 2 heterocycles. The number of anilines is 1. The Balaban J connectivity index is 1.65. The Bertz CT molecular complexity index is 1170. The van der Waals surface area contributed by atoms with Crippen LogP contribution in [0.2, 0.25) is 5.02 Å². The van der Waals surface area contributed by atoms with Crippen LogP contribution in [-0.4, -0.2) is 35.9 Å². The number of aromatic nitrogens is 2. The van der Waals surface area contributed by atoms with Crippen molar-refractivity contribution in [2.45, 2.75) is 6.42 Å². The number of carbonyl (C=O) groups is 1. The topological polar surface area (TPSA) is 64.4 Å². The van der Waals surface area contributed by atoms with Crippen molar-refractivity contribution in [1.82, 2.24) is 9.78 Å². The first kappa shape index (κ1) is 19.9. The Morgan fingerprint density at radius 2 is 1.80 bits per heavy atom. The quantitative estimate of drug-likeness (QED) is 0.596. The molecule has 1 aromatic heterocycles. The molecule has 6 nitrogen and oxygen atoms in total. The van der Waals surface area contributed by atoms with E-state index in [0.717, 1.165) is 17.6 Å². The highest BCUT2D eigenvalue weighted by molar-refractivity contribution is 6.33. The van der Waals surface area contributed by atoms with Crippen molar-refractivity contribution < 1.29 is 9.53 Å². The van der Waals surface area contributed by atoms with Gasteiger partial charge in [0.15, 0.2) is 0 Å². The van der Waals surface area contributed by atoms with Crippen molar-refractivity contribution in [3.8, 4) is 5.69 Å². The fourth-order valence-electron chi connectivity index (χ4n) is 3.56. The van der Waals surface area contributed by atoms with Crippen LogP contribution in [0.15, 0.2) is 71.7 Å². The number of methoxy groups -OCH3 is 1. The predicted molar refractivity (Wildman–Crippen MR) is 117 cm³/mol. The van der Waals surface area contributed by atoms with Crippen molar-refractivity contribution in [3.63, 3.8) is 0 Å². The number of ether oxygens (including phenoxy) is 1. The lowest BCUT2D eigenvalue weighted by atomic mass is 9.99. The smallest absolute Gasteiger partial charge is 0.340 e. The Labute approximate surface area is 179 Å². The molecule has 0 bridgehead atoms. The number of rotatable bonds is 4. The van der Waals surface area contributed by atoms with Gasteiger partial charge in [0, 0.05) is 13.1 Å². The van der Waals surface area contributed by atoms with Crippen LogP contribution in [0.1, 0.15) is 22.3 Å². The van der Waals surface area contributed by atoms with E-state index in [1.807, 2.05) is 23.1 Å². The van der Waals surface area contributed by atoms with Crippen LogP contribution in [0.4, 0.5) is 5.69 Å². The zero-order valence-electron chi connectivity index (χ0n) is 16.4. The van der Waals surface area contributed by atoms with Gasteiger partial charge in [0.1, 0.15) is 5.02 Å². The molecule has 1 aliphatic rings. The molecule has 0 amide bonds. The molecule has 30 heavy (non-hydrogen) atoms. The average molecular weight is 422 g/mol. The van der Waals surface area contributed by atoms with Crippen LogP contribution in [0.3, 0.4) is 0 Å². The zero-order valence-corrected chi connectivity index (χ0v) is 17.2. The Kier molecular flexibility index (Phi) is 5.68. The summed E-state index contributed by atoms with van der Waals surface area (Å²) in [6, 6.07) is 16.9. The van der Waals surface area contributed by atoms with Gasteiger partial charge in [0.05, 0.1) is 30.2 Å². The lowest BCUT2D eigenvalue weighted by molar-refractivity contribution is 0.0600. The lowest BCUT2D eigenvalue weighted by Gasteiger charge is -2.29. The van der Waals surface area contributed by atoms with Gasteiger partial charge in [0.25, 0.3) is 5.56 Å². The molecular formula is C23H20ClN3O3. The third-order valence-electron chi connectivity index (χ3n) is 5.13. The summed E-state index contributed by atoms with van der Waals surface area (Å²) in [7, 11) is 1.29. The third-order valence-corrected chi connectivity index (χ3v) is 5.49. The van der Waals surface area contributed by atoms with Gasteiger partial charge in [-0.15, -0.1) is 0 Å². The molecule has 0 N–H and O–H groups in total. The largest absolute Gasteiger partial charge is 0.465 e. The molecule has 0 spiro atoms. The highest BCUT2D eigenvalue weighted by atomic mass is 35.5. The Hall–Kier alpha value is -3.38. The number of hydrogen-bond acceptors (Lipinski definition) is 5. The minimum absolute atomic E-state index is 0.0706. The molecule has 0 aliphatic carbocycles. The normalized spacial score (nSPS) is 13.7. The SMILES string of the molecule is COC(=O)c1ccccc1-n1ncc(N2CC=C(c3ccccc3)CC2)c(Cl)c1=O. The minimum Gasteiger partial charge on any atom is -0.465 e. The second-order valence-electron chi connectivity index (χ2n) is 6.86. The van der Waals surface area contributed by atoms with E-state index in [2.05, 4.69) is 23.3 Å². The van der Waals surface area contributed by atoms with Crippen molar-refractivity contribution in [1.29, 1.82) is 0 Å². The first-order valence-corrected chi connectivity index (χ1v) is 9.93. The molecule has 152 valence electrons. The van der Waals surface area contributed by atoms with Crippen LogP contribution in [-0.2, 0) is 4.74 Å². The van der Waals surface area contributed by atoms with Crippen molar-refractivity contribution >= 4 is 28.8 Å². The molecule has 0 fully saturated rings. The van der Waals surface area contributed by atoms with Gasteiger partial charge >= 0.3 is 5.97 Å². The third kappa shape index (κ3) is 3.74. The molecule has 0 atom stereocenters. The zero-order chi connectivity index (χ0) is 21.1. The maximum absolute atomic E-state index is 13.0. The number of carbonyl (C=O) groups excluding carboxylic acids is 1. The summed E-state index contributed by atoms with van der Waals surface area (Å²) in [4.78, 5) is 27.0. The summed E-state index contributed by atoms with van der Waals surface area (Å²) in [5.41, 5.74) is 3.15. The summed E-state index contributed by atoms with van der Waals surface area (Å²) >= 11 is 6.45. The van der Waals surface area contributed by atoms with Crippen molar-refractivity contribution in [2.24, 2.45) is 0 Å². The van der Waals surface area contributed by atoms with E-state index in [1.54, 1.807) is 30.5 Å². The van der Waals surface area contributed by atoms with Crippen LogP contribution in [0.5, 0.6) is 0 Å². The van der Waals surface area contributed by atoms with Gasteiger partial charge in [-0.05, 0) is 29.7 Å². The molecule has 0 unspecified atom stereocenters. The molecule has 0 radical (unpaired) electrons. The van der Waals surface area contributed by atoms with Gasteiger partial charge in [-0.2, -0.15) is 9.78 Å². The molecule has 1 aliphatic heterocycles. The molecule has 4 rings (SSSR count). The first-order chi connectivity index (χ1) is 14.6. The van der Waals surface area contributed by atoms with Crippen LogP contribution < -0.4 is 10.5 Å². The van der Waals surface area contributed by atoms with Crippen LogP contribution in [0, 0.1) is 0 Å². The van der Waals surface area contributed by atoms with Crippen LogP contribution >= 0.6 is 11.6 Å². The molecule has 0 saturated heterocycles. The molecule has 0 saturated carbocycles. The van der Waals surface area contributed by atoms with E-state index in [0.29, 0.717) is 17.9 Å². The summed E-state index contributed by atoms with van der Waals surface area (Å²) in [5, 5.41) is 4.36. The average Bonchev–Trinajstić information content (AvgIpc) is 2.81. The number of benzene rings is 2. The predicted octanol–water partition coefficient (Wildman–Crippen LogP) is 3.97. The van der Waals surface area contributed by atoms with E-state index in [9.17, 15) is 9.59 Å². The van der Waals surface area contributed by atoms with Crippen LogP contribution in [0.25, 0.3) is 11.3 Å². The number of nitrogens with zero attached hydrogens (tertiary/aromatic N) is 3. The minimum atomic E-state index is -0.547. The number of para-hydroxylation sites is 1. The van der Waals surface area contributed by atoms with E-state index < -0.39 is 11.5 Å². The van der Waals surface area contributed by atoms with Gasteiger partial charge in [-0.1, -0.05) is 60.1 Å². The fourth-order valence-corrected chi connectivity index (χ4v) is 3.81. The number of hydrogen-bond donors (Lipinski definition) is 0. The summed E-state index contributed by atoms with van der Waals surface area (Å²) in [6.45, 7) is 1.36. The standard InChI is InChI=1S/C23H20ClN3O3/c1-30-23(29)18-9-5-6-10-19(18)27-22(28)21(24)20(15-25-27)26-13-11-17(12-14-26)16-7-3-2-4-8-16/h2-11,15H,12-14H2,1H3. The Morgan fingerprint density at radius 1 is 1.07 bits per heavy atom. The van der Waals surface area contributed by atoms with E-state index in [4.69, 9.17) is 16.3 Å². The highest BCUT2D eigenvalue weighted by Crippen LogP contribution is 2.28. The second-order valence-corrected chi connectivity index (χ2v) is 7.24. The summed E-state index contributed by atoms with van der Waals surface area (Å²) in [5.74, 6) is -0.547. The van der Waals surface area contributed by atoms with Crippen molar-refractivity contribution in [2.75, 3.05) is 25.1 Å². The second kappa shape index (κ2) is 8.55. The van der Waals surface area contributed by atoms with Crippen molar-refractivity contribution in [3.05, 3.63) is 93.4 Å². The summed E-state index contributed by atoms with van der Waals surface area (Å²) < 4.78 is 5.94. The van der Waals surface area contributed by atoms with Gasteiger partial charge in [0.2, 0.25) is 0 Å². The molecule has 7 heteroatoms. The molecule has 2 aromatic carbocycles. The fraction of sp³-hybridized carbons (Fsp3) is 0.174. The maximum Gasteiger partial charge on any atom is 0.340 e.